The molecule has 0 spiro atoms. The fourth-order valence-electron chi connectivity index (χ4n) is 0.686. The highest BCUT2D eigenvalue weighted by Crippen LogP contribution is 1.98. The Hall–Kier alpha value is -0.980. The summed E-state index contributed by atoms with van der Waals surface area (Å²) in [6, 6.07) is 4.02. The fraction of sp³-hybridized carbons (Fsp3) is 0.333. The minimum Gasteiger partial charge on any atom is -0.351 e. The third kappa shape index (κ3) is 2.09. The van der Waals surface area contributed by atoms with Crippen molar-refractivity contribution in [3.05, 3.63) is 30.6 Å². The first-order chi connectivity index (χ1) is 4.84. The van der Waals surface area contributed by atoms with E-state index in [1.54, 1.807) is 0 Å². The predicted molar refractivity (Wildman–Crippen MR) is 46.9 cm³/mol. The molecule has 1 heterocycles. The van der Waals surface area contributed by atoms with Crippen molar-refractivity contribution in [1.82, 2.24) is 4.57 Å². The summed E-state index contributed by atoms with van der Waals surface area (Å²) in [6.45, 7) is 7.64. The monoisotopic (exact) mass is 137 g/mol. The third-order valence-corrected chi connectivity index (χ3v) is 1.19. The van der Waals surface area contributed by atoms with Crippen molar-refractivity contribution in [2.45, 2.75) is 13.8 Å². The van der Waals surface area contributed by atoms with Crippen LogP contribution in [0.4, 0.5) is 0 Å². The molecule has 0 aliphatic rings. The van der Waals surface area contributed by atoms with E-state index >= 15 is 0 Å². The number of nitrogens with zero attached hydrogens (tertiary/aromatic N) is 1. The van der Waals surface area contributed by atoms with Gasteiger partial charge in [0.2, 0.25) is 0 Å². The summed E-state index contributed by atoms with van der Waals surface area (Å²) in [4.78, 5) is 0. The lowest BCUT2D eigenvalue weighted by Gasteiger charge is -1.91. The SMILES string of the molecule is C=Cc1cccn1C.CC. The molecule has 10 heavy (non-hydrogen) atoms. The number of aryl methyl sites for hydroxylation is 1. The summed E-state index contributed by atoms with van der Waals surface area (Å²) in [7, 11) is 2.00. The molecule has 0 aromatic carbocycles. The van der Waals surface area contributed by atoms with Gasteiger partial charge in [0.1, 0.15) is 0 Å². The first-order valence-electron chi connectivity index (χ1n) is 3.58. The van der Waals surface area contributed by atoms with Crippen LogP contribution in [-0.4, -0.2) is 4.57 Å². The molecular formula is C9H15N. The van der Waals surface area contributed by atoms with Gasteiger partial charge >= 0.3 is 0 Å². The van der Waals surface area contributed by atoms with Crippen LogP contribution in [-0.2, 0) is 7.05 Å². The zero-order valence-electron chi connectivity index (χ0n) is 6.96. The molecular weight excluding hydrogens is 122 g/mol. The molecule has 1 aromatic rings. The normalized spacial score (nSPS) is 7.90. The Kier molecular flexibility index (Phi) is 4.38. The van der Waals surface area contributed by atoms with Crippen molar-refractivity contribution in [2.75, 3.05) is 0 Å². The largest absolute Gasteiger partial charge is 0.351 e. The van der Waals surface area contributed by atoms with Gasteiger partial charge in [0.25, 0.3) is 0 Å². The van der Waals surface area contributed by atoms with Crippen LogP contribution in [0.25, 0.3) is 6.08 Å². The second-order valence-corrected chi connectivity index (χ2v) is 1.75. The molecule has 0 aliphatic carbocycles. The van der Waals surface area contributed by atoms with Gasteiger partial charge in [-0.1, -0.05) is 20.4 Å². The second-order valence-electron chi connectivity index (χ2n) is 1.75. The fourth-order valence-corrected chi connectivity index (χ4v) is 0.686. The molecule has 0 saturated carbocycles. The molecule has 1 rings (SSSR count). The molecule has 0 unspecified atom stereocenters. The van der Waals surface area contributed by atoms with Crippen LogP contribution in [0.15, 0.2) is 24.9 Å². The minimum absolute atomic E-state index is 1.16. The first kappa shape index (κ1) is 9.02. The number of hydrogen-bond donors (Lipinski definition) is 0. The molecule has 0 bridgehead atoms. The van der Waals surface area contributed by atoms with Gasteiger partial charge in [-0.3, -0.25) is 0 Å². The van der Waals surface area contributed by atoms with Gasteiger partial charge in [0, 0.05) is 18.9 Å². The summed E-state index contributed by atoms with van der Waals surface area (Å²) in [6.07, 6.45) is 3.83. The van der Waals surface area contributed by atoms with Crippen LogP contribution in [0, 0.1) is 0 Å². The molecule has 1 aromatic heterocycles. The van der Waals surface area contributed by atoms with E-state index in [-0.39, 0.29) is 0 Å². The highest BCUT2D eigenvalue weighted by Gasteiger charge is 1.85. The third-order valence-electron chi connectivity index (χ3n) is 1.19. The standard InChI is InChI=1S/C7H9N.C2H6/c1-3-7-5-4-6-8(7)2;1-2/h3-6H,1H2,2H3;1-2H3. The molecule has 0 saturated heterocycles. The van der Waals surface area contributed by atoms with E-state index in [1.807, 2.05) is 49.9 Å². The summed E-state index contributed by atoms with van der Waals surface area (Å²) in [5.41, 5.74) is 1.16. The van der Waals surface area contributed by atoms with Gasteiger partial charge in [0.15, 0.2) is 0 Å². The quantitative estimate of drug-likeness (QED) is 0.561. The van der Waals surface area contributed by atoms with E-state index in [0.29, 0.717) is 0 Å². The van der Waals surface area contributed by atoms with E-state index in [9.17, 15) is 0 Å². The second kappa shape index (κ2) is 4.86. The van der Waals surface area contributed by atoms with Crippen LogP contribution < -0.4 is 0 Å². The van der Waals surface area contributed by atoms with Gasteiger partial charge in [-0.2, -0.15) is 0 Å². The van der Waals surface area contributed by atoms with Gasteiger partial charge in [-0.15, -0.1) is 0 Å². The van der Waals surface area contributed by atoms with Gasteiger partial charge < -0.3 is 4.57 Å². The number of aromatic nitrogens is 1. The van der Waals surface area contributed by atoms with E-state index in [2.05, 4.69) is 6.58 Å². The first-order valence-corrected chi connectivity index (χ1v) is 3.58. The van der Waals surface area contributed by atoms with Gasteiger partial charge in [0.05, 0.1) is 0 Å². The van der Waals surface area contributed by atoms with E-state index < -0.39 is 0 Å². The summed E-state index contributed by atoms with van der Waals surface area (Å²) < 4.78 is 2.02. The lowest BCUT2D eigenvalue weighted by atomic mass is 10.4. The molecule has 0 atom stereocenters. The molecule has 0 amide bonds. The summed E-state index contributed by atoms with van der Waals surface area (Å²) >= 11 is 0. The Morgan fingerprint density at radius 1 is 1.50 bits per heavy atom. The predicted octanol–water partition coefficient (Wildman–Crippen LogP) is 2.69. The maximum absolute atomic E-state index is 3.64. The van der Waals surface area contributed by atoms with Crippen LogP contribution in [0.3, 0.4) is 0 Å². The molecule has 0 radical (unpaired) electrons. The molecule has 0 fully saturated rings. The van der Waals surface area contributed by atoms with Crippen LogP contribution >= 0.6 is 0 Å². The van der Waals surface area contributed by atoms with Crippen molar-refractivity contribution in [3.8, 4) is 0 Å². The Morgan fingerprint density at radius 3 is 2.30 bits per heavy atom. The van der Waals surface area contributed by atoms with Crippen molar-refractivity contribution < 1.29 is 0 Å². The highest BCUT2D eigenvalue weighted by molar-refractivity contribution is 5.41. The Labute approximate surface area is 63.0 Å². The smallest absolute Gasteiger partial charge is 0.0398 e. The topological polar surface area (TPSA) is 4.93 Å². The number of rotatable bonds is 1. The van der Waals surface area contributed by atoms with Crippen LogP contribution in [0.2, 0.25) is 0 Å². The molecule has 1 nitrogen and oxygen atoms in total. The lowest BCUT2D eigenvalue weighted by Crippen LogP contribution is -1.85. The zero-order valence-corrected chi connectivity index (χ0v) is 6.96. The Balaban J connectivity index is 0.000000371. The van der Waals surface area contributed by atoms with Crippen molar-refractivity contribution >= 4 is 6.08 Å². The molecule has 56 valence electrons. The van der Waals surface area contributed by atoms with Crippen molar-refractivity contribution in [3.63, 3.8) is 0 Å². The van der Waals surface area contributed by atoms with Crippen LogP contribution in [0.1, 0.15) is 19.5 Å². The average Bonchev–Trinajstić information content (AvgIpc) is 2.39. The summed E-state index contributed by atoms with van der Waals surface area (Å²) in [5.74, 6) is 0. The molecule has 0 N–H and O–H groups in total. The lowest BCUT2D eigenvalue weighted by molar-refractivity contribution is 0.915. The van der Waals surface area contributed by atoms with Crippen molar-refractivity contribution in [1.29, 1.82) is 0 Å². The van der Waals surface area contributed by atoms with E-state index in [0.717, 1.165) is 5.69 Å². The van der Waals surface area contributed by atoms with Crippen molar-refractivity contribution in [2.24, 2.45) is 7.05 Å². The highest BCUT2D eigenvalue weighted by atomic mass is 14.9. The summed E-state index contributed by atoms with van der Waals surface area (Å²) in [5, 5.41) is 0. The Morgan fingerprint density at radius 2 is 2.10 bits per heavy atom. The maximum Gasteiger partial charge on any atom is 0.0398 e. The van der Waals surface area contributed by atoms with E-state index in [1.165, 1.54) is 0 Å². The average molecular weight is 137 g/mol. The molecule has 0 aliphatic heterocycles. The number of hydrogen-bond acceptors (Lipinski definition) is 0. The maximum atomic E-state index is 3.64. The molecule has 1 heteroatoms. The minimum atomic E-state index is 1.16. The van der Waals surface area contributed by atoms with Gasteiger partial charge in [-0.05, 0) is 18.2 Å². The van der Waals surface area contributed by atoms with Crippen LogP contribution in [0.5, 0.6) is 0 Å². The zero-order chi connectivity index (χ0) is 7.98. The van der Waals surface area contributed by atoms with Gasteiger partial charge in [-0.25, -0.2) is 0 Å². The Bertz CT molecular complexity index is 186. The van der Waals surface area contributed by atoms with E-state index in [4.69, 9.17) is 0 Å².